The largest absolute Gasteiger partial charge is 0.298 e. The van der Waals surface area contributed by atoms with Gasteiger partial charge in [0.2, 0.25) is 0 Å². The first-order valence-corrected chi connectivity index (χ1v) is 4.89. The lowest BCUT2D eigenvalue weighted by atomic mass is 9.92. The molecule has 1 aromatic rings. The Balaban J connectivity index is 2.27. The third kappa shape index (κ3) is 1.57. The maximum atomic E-state index is 14.2. The summed E-state index contributed by atoms with van der Waals surface area (Å²) in [6.45, 7) is 1.63. The van der Waals surface area contributed by atoms with Gasteiger partial charge in [0, 0.05) is 5.56 Å². The number of carbonyl (C=O) groups is 1. The molecule has 1 saturated carbocycles. The van der Waals surface area contributed by atoms with Crippen LogP contribution in [0.4, 0.5) is 4.39 Å². The molecule has 1 unspecified atom stereocenters. The fraction of sp³-hybridized carbons (Fsp3) is 0.417. The van der Waals surface area contributed by atoms with Crippen LogP contribution in [0.25, 0.3) is 0 Å². The number of aldehydes is 1. The molecule has 1 nitrogen and oxygen atoms in total. The lowest BCUT2D eigenvalue weighted by molar-refractivity contribution is 0.112. The van der Waals surface area contributed by atoms with Gasteiger partial charge in [-0.1, -0.05) is 24.3 Å². The maximum absolute atomic E-state index is 14.2. The third-order valence-electron chi connectivity index (χ3n) is 2.96. The first-order valence-electron chi connectivity index (χ1n) is 4.89. The average molecular weight is 192 g/mol. The van der Waals surface area contributed by atoms with E-state index in [4.69, 9.17) is 0 Å². The highest BCUT2D eigenvalue weighted by Crippen LogP contribution is 2.48. The minimum atomic E-state index is -1.22. The van der Waals surface area contributed by atoms with Gasteiger partial charge in [0.1, 0.15) is 12.0 Å². The van der Waals surface area contributed by atoms with Gasteiger partial charge in [-0.3, -0.25) is 4.79 Å². The molecule has 1 fully saturated rings. The van der Waals surface area contributed by atoms with Crippen LogP contribution in [0.15, 0.2) is 24.3 Å². The first-order chi connectivity index (χ1) is 6.64. The Kier molecular flexibility index (Phi) is 2.14. The van der Waals surface area contributed by atoms with Gasteiger partial charge in [-0.15, -0.1) is 0 Å². The van der Waals surface area contributed by atoms with Crippen LogP contribution in [-0.4, -0.2) is 6.29 Å². The molecule has 0 heterocycles. The molecule has 1 aromatic carbocycles. The quantitative estimate of drug-likeness (QED) is 0.672. The molecular formula is C12H13FO. The van der Waals surface area contributed by atoms with Crippen LogP contribution in [0.1, 0.15) is 35.7 Å². The molecular weight excluding hydrogens is 179 g/mol. The average Bonchev–Trinajstić information content (AvgIpc) is 3.01. The topological polar surface area (TPSA) is 17.1 Å². The highest BCUT2D eigenvalue weighted by molar-refractivity contribution is 5.74. The minimum absolute atomic E-state index is 0.171. The summed E-state index contributed by atoms with van der Waals surface area (Å²) in [5, 5.41) is 0. The van der Waals surface area contributed by atoms with E-state index in [-0.39, 0.29) is 5.92 Å². The molecule has 0 bridgehead atoms. The highest BCUT2D eigenvalue weighted by atomic mass is 19.1. The van der Waals surface area contributed by atoms with E-state index in [0.717, 1.165) is 19.1 Å². The Bertz CT molecular complexity index is 336. The summed E-state index contributed by atoms with van der Waals surface area (Å²) in [6, 6.07) is 6.76. The molecule has 0 radical (unpaired) electrons. The molecule has 2 rings (SSSR count). The lowest BCUT2D eigenvalue weighted by Gasteiger charge is -2.20. The van der Waals surface area contributed by atoms with Gasteiger partial charge < -0.3 is 0 Å². The van der Waals surface area contributed by atoms with E-state index in [1.165, 1.54) is 0 Å². The van der Waals surface area contributed by atoms with Gasteiger partial charge in [-0.25, -0.2) is 4.39 Å². The Morgan fingerprint density at radius 1 is 1.36 bits per heavy atom. The van der Waals surface area contributed by atoms with E-state index < -0.39 is 5.67 Å². The van der Waals surface area contributed by atoms with Crippen LogP contribution in [0, 0.1) is 5.92 Å². The fourth-order valence-electron chi connectivity index (χ4n) is 1.75. The van der Waals surface area contributed by atoms with Crippen molar-refractivity contribution in [2.24, 2.45) is 5.92 Å². The molecule has 0 N–H and O–H groups in total. The molecule has 14 heavy (non-hydrogen) atoms. The standard InChI is InChI=1S/C12H13FO/c1-12(13,11-6-7-11)10-4-2-9(8-14)3-5-10/h2-5,8,11H,6-7H2,1H3. The summed E-state index contributed by atoms with van der Waals surface area (Å²) in [4.78, 5) is 10.4. The van der Waals surface area contributed by atoms with Crippen molar-refractivity contribution in [1.29, 1.82) is 0 Å². The number of halogens is 1. The van der Waals surface area contributed by atoms with E-state index in [2.05, 4.69) is 0 Å². The zero-order valence-corrected chi connectivity index (χ0v) is 8.16. The minimum Gasteiger partial charge on any atom is -0.298 e. The molecule has 1 aliphatic carbocycles. The van der Waals surface area contributed by atoms with Crippen LogP contribution in [0.2, 0.25) is 0 Å². The van der Waals surface area contributed by atoms with Gasteiger partial charge >= 0.3 is 0 Å². The van der Waals surface area contributed by atoms with Gasteiger partial charge in [0.05, 0.1) is 0 Å². The number of rotatable bonds is 3. The normalized spacial score (nSPS) is 20.1. The summed E-state index contributed by atoms with van der Waals surface area (Å²) < 4.78 is 14.2. The third-order valence-corrected chi connectivity index (χ3v) is 2.96. The Morgan fingerprint density at radius 3 is 2.36 bits per heavy atom. The van der Waals surface area contributed by atoms with Crippen LogP contribution in [0.3, 0.4) is 0 Å². The van der Waals surface area contributed by atoms with Crippen molar-refractivity contribution in [3.8, 4) is 0 Å². The summed E-state index contributed by atoms with van der Waals surface area (Å²) in [5.41, 5.74) is 0.0625. The molecule has 2 heteroatoms. The molecule has 1 aliphatic rings. The Labute approximate surface area is 82.9 Å². The van der Waals surface area contributed by atoms with Crippen molar-refractivity contribution in [3.05, 3.63) is 35.4 Å². The monoisotopic (exact) mass is 192 g/mol. The molecule has 74 valence electrons. The van der Waals surface area contributed by atoms with Crippen molar-refractivity contribution >= 4 is 6.29 Å². The van der Waals surface area contributed by atoms with Crippen molar-refractivity contribution in [1.82, 2.24) is 0 Å². The maximum Gasteiger partial charge on any atom is 0.150 e. The summed E-state index contributed by atoms with van der Waals surface area (Å²) in [5.74, 6) is 0.171. The van der Waals surface area contributed by atoms with E-state index in [1.54, 1.807) is 31.2 Å². The van der Waals surface area contributed by atoms with Crippen molar-refractivity contribution in [2.75, 3.05) is 0 Å². The first kappa shape index (κ1) is 9.38. The second-order valence-corrected chi connectivity index (χ2v) is 4.09. The van der Waals surface area contributed by atoms with Gasteiger partial charge in [-0.05, 0) is 31.2 Å². The van der Waals surface area contributed by atoms with Crippen LogP contribution in [-0.2, 0) is 5.67 Å². The van der Waals surface area contributed by atoms with Crippen molar-refractivity contribution in [3.63, 3.8) is 0 Å². The Hall–Kier alpha value is -1.18. The second kappa shape index (κ2) is 3.19. The van der Waals surface area contributed by atoms with Gasteiger partial charge in [-0.2, -0.15) is 0 Å². The fourth-order valence-corrected chi connectivity index (χ4v) is 1.75. The van der Waals surface area contributed by atoms with Crippen LogP contribution >= 0.6 is 0 Å². The zero-order chi connectivity index (χ0) is 10.2. The van der Waals surface area contributed by atoms with E-state index in [1.807, 2.05) is 0 Å². The van der Waals surface area contributed by atoms with Crippen LogP contribution < -0.4 is 0 Å². The number of alkyl halides is 1. The summed E-state index contributed by atoms with van der Waals surface area (Å²) >= 11 is 0. The number of hydrogen-bond donors (Lipinski definition) is 0. The zero-order valence-electron chi connectivity index (χ0n) is 8.16. The number of benzene rings is 1. The smallest absolute Gasteiger partial charge is 0.150 e. The Morgan fingerprint density at radius 2 is 1.93 bits per heavy atom. The lowest BCUT2D eigenvalue weighted by Crippen LogP contribution is -2.17. The van der Waals surface area contributed by atoms with Gasteiger partial charge in [0.25, 0.3) is 0 Å². The van der Waals surface area contributed by atoms with Crippen molar-refractivity contribution < 1.29 is 9.18 Å². The summed E-state index contributed by atoms with van der Waals surface area (Å²) in [7, 11) is 0. The predicted molar refractivity (Wildman–Crippen MR) is 53.0 cm³/mol. The highest BCUT2D eigenvalue weighted by Gasteiger charge is 2.43. The van der Waals surface area contributed by atoms with E-state index in [9.17, 15) is 9.18 Å². The molecule has 0 aliphatic heterocycles. The van der Waals surface area contributed by atoms with E-state index >= 15 is 0 Å². The van der Waals surface area contributed by atoms with Crippen molar-refractivity contribution in [2.45, 2.75) is 25.4 Å². The van der Waals surface area contributed by atoms with E-state index in [0.29, 0.717) is 11.1 Å². The molecule has 0 aromatic heterocycles. The predicted octanol–water partition coefficient (Wildman–Crippen LogP) is 3.09. The molecule has 1 atom stereocenters. The second-order valence-electron chi connectivity index (χ2n) is 4.09. The summed E-state index contributed by atoms with van der Waals surface area (Å²) in [6.07, 6.45) is 2.72. The molecule has 0 spiro atoms. The number of carbonyl (C=O) groups excluding carboxylic acids is 1. The molecule has 0 amide bonds. The van der Waals surface area contributed by atoms with Crippen LogP contribution in [0.5, 0.6) is 0 Å². The molecule has 0 saturated heterocycles. The number of hydrogen-bond acceptors (Lipinski definition) is 1. The van der Waals surface area contributed by atoms with Gasteiger partial charge in [0.15, 0.2) is 0 Å². The SMILES string of the molecule is CC(F)(c1ccc(C=O)cc1)C1CC1.